The number of hydrogen-bond acceptors (Lipinski definition) is 3. The van der Waals surface area contributed by atoms with Crippen LogP contribution >= 0.6 is 0 Å². The van der Waals surface area contributed by atoms with Crippen LogP contribution in [-0.2, 0) is 9.53 Å². The second-order valence-corrected chi connectivity index (χ2v) is 6.58. The number of carbonyl (C=O) groups is 1. The average Bonchev–Trinajstić information content (AvgIpc) is 2.60. The van der Waals surface area contributed by atoms with Crippen LogP contribution in [-0.4, -0.2) is 23.3 Å². The number of carbonyl (C=O) groups excluding carboxylic acids is 1. The number of hydrogen-bond donors (Lipinski definition) is 1. The fourth-order valence-corrected chi connectivity index (χ4v) is 4.37. The third-order valence-electron chi connectivity index (χ3n) is 5.66. The van der Waals surface area contributed by atoms with Gasteiger partial charge in [-0.3, -0.25) is 4.79 Å². The number of rotatable bonds is 0. The molecule has 2 fully saturated rings. The average molecular weight is 250 g/mol. The first kappa shape index (κ1) is 12.2. The van der Waals surface area contributed by atoms with Crippen LogP contribution in [0, 0.1) is 23.2 Å². The van der Waals surface area contributed by atoms with Crippen molar-refractivity contribution in [1.29, 1.82) is 0 Å². The van der Waals surface area contributed by atoms with E-state index in [1.54, 1.807) is 0 Å². The summed E-state index contributed by atoms with van der Waals surface area (Å²) < 4.78 is 5.64. The SMILES string of the molecule is CC1=CC[C@H](O)[C@]2(C)CC[C@H]3[C@@H](OC(=O)[C@H]3C)[C@@H]12. The van der Waals surface area contributed by atoms with Crippen LogP contribution in [0.15, 0.2) is 11.6 Å². The first-order chi connectivity index (χ1) is 8.45. The van der Waals surface area contributed by atoms with Gasteiger partial charge in [0.2, 0.25) is 0 Å². The lowest BCUT2D eigenvalue weighted by Gasteiger charge is -2.51. The molecular formula is C15H22O3. The Morgan fingerprint density at radius 1 is 1.50 bits per heavy atom. The molecule has 3 aliphatic rings. The zero-order valence-electron chi connectivity index (χ0n) is 11.3. The van der Waals surface area contributed by atoms with E-state index in [1.165, 1.54) is 5.57 Å². The van der Waals surface area contributed by atoms with Gasteiger partial charge in [-0.2, -0.15) is 0 Å². The molecule has 1 heterocycles. The Morgan fingerprint density at radius 2 is 2.22 bits per heavy atom. The Kier molecular flexibility index (Phi) is 2.60. The summed E-state index contributed by atoms with van der Waals surface area (Å²) in [7, 11) is 0. The van der Waals surface area contributed by atoms with Gasteiger partial charge in [-0.1, -0.05) is 25.5 Å². The van der Waals surface area contributed by atoms with Crippen molar-refractivity contribution in [2.24, 2.45) is 23.2 Å². The lowest BCUT2D eigenvalue weighted by Crippen LogP contribution is -2.52. The van der Waals surface area contributed by atoms with Crippen LogP contribution < -0.4 is 0 Å². The monoisotopic (exact) mass is 250 g/mol. The van der Waals surface area contributed by atoms with Crippen LogP contribution in [0.1, 0.15) is 40.0 Å². The zero-order valence-corrected chi connectivity index (χ0v) is 11.3. The Labute approximate surface area is 108 Å². The van der Waals surface area contributed by atoms with E-state index >= 15 is 0 Å². The molecule has 3 rings (SSSR count). The number of aliphatic hydroxyl groups excluding tert-OH is 1. The van der Waals surface area contributed by atoms with E-state index in [4.69, 9.17) is 4.74 Å². The molecule has 0 bridgehead atoms. The molecule has 0 amide bonds. The molecule has 0 aromatic rings. The summed E-state index contributed by atoms with van der Waals surface area (Å²) >= 11 is 0. The first-order valence-electron chi connectivity index (χ1n) is 7.00. The third-order valence-corrected chi connectivity index (χ3v) is 5.66. The standard InChI is InChI=1S/C15H22O3/c1-8-4-5-11(16)15(3)7-6-10-9(2)14(17)18-13(10)12(8)15/h4,9-13,16H,5-7H2,1-3H3/t9-,10+,11-,12+,13+,15-/m0/s1. The Bertz CT molecular complexity index is 414. The predicted molar refractivity (Wildman–Crippen MR) is 67.7 cm³/mol. The van der Waals surface area contributed by atoms with Gasteiger partial charge in [0.15, 0.2) is 0 Å². The summed E-state index contributed by atoms with van der Waals surface area (Å²) in [5.74, 6) is 0.506. The molecule has 100 valence electrons. The second kappa shape index (κ2) is 3.83. The van der Waals surface area contributed by atoms with E-state index in [0.29, 0.717) is 5.92 Å². The van der Waals surface area contributed by atoms with Crippen molar-refractivity contribution in [2.45, 2.75) is 52.2 Å². The van der Waals surface area contributed by atoms with Gasteiger partial charge >= 0.3 is 5.97 Å². The molecule has 18 heavy (non-hydrogen) atoms. The Balaban J connectivity index is 2.00. The van der Waals surface area contributed by atoms with E-state index < -0.39 is 0 Å². The fourth-order valence-electron chi connectivity index (χ4n) is 4.37. The van der Waals surface area contributed by atoms with E-state index in [-0.39, 0.29) is 35.4 Å². The highest BCUT2D eigenvalue weighted by Crippen LogP contribution is 2.56. The van der Waals surface area contributed by atoms with Crippen molar-refractivity contribution >= 4 is 5.97 Å². The van der Waals surface area contributed by atoms with Crippen molar-refractivity contribution < 1.29 is 14.6 Å². The van der Waals surface area contributed by atoms with Crippen LogP contribution in [0.3, 0.4) is 0 Å². The molecule has 2 aliphatic carbocycles. The largest absolute Gasteiger partial charge is 0.461 e. The number of ether oxygens (including phenoxy) is 1. The van der Waals surface area contributed by atoms with Crippen LogP contribution in [0.25, 0.3) is 0 Å². The lowest BCUT2D eigenvalue weighted by molar-refractivity contribution is -0.151. The summed E-state index contributed by atoms with van der Waals surface area (Å²) in [6.45, 7) is 6.26. The van der Waals surface area contributed by atoms with Gasteiger partial charge in [0.05, 0.1) is 12.0 Å². The van der Waals surface area contributed by atoms with Crippen molar-refractivity contribution in [3.8, 4) is 0 Å². The number of fused-ring (bicyclic) bond motifs is 3. The van der Waals surface area contributed by atoms with E-state index in [2.05, 4.69) is 19.9 Å². The molecule has 3 heteroatoms. The van der Waals surface area contributed by atoms with Gasteiger partial charge in [-0.05, 0) is 26.2 Å². The quantitative estimate of drug-likeness (QED) is 0.530. The van der Waals surface area contributed by atoms with Gasteiger partial charge in [0.25, 0.3) is 0 Å². The second-order valence-electron chi connectivity index (χ2n) is 6.58. The highest BCUT2D eigenvalue weighted by atomic mass is 16.6. The summed E-state index contributed by atoms with van der Waals surface area (Å²) in [5.41, 5.74) is 1.17. The molecule has 0 aromatic carbocycles. The molecule has 1 saturated heterocycles. The molecule has 0 spiro atoms. The first-order valence-corrected chi connectivity index (χ1v) is 7.00. The van der Waals surface area contributed by atoms with E-state index in [9.17, 15) is 9.90 Å². The summed E-state index contributed by atoms with van der Waals surface area (Å²) in [6, 6.07) is 0. The topological polar surface area (TPSA) is 46.5 Å². The maximum Gasteiger partial charge on any atom is 0.309 e. The molecule has 3 nitrogen and oxygen atoms in total. The van der Waals surface area contributed by atoms with E-state index in [0.717, 1.165) is 19.3 Å². The van der Waals surface area contributed by atoms with Crippen LogP contribution in [0.4, 0.5) is 0 Å². The normalized spacial score (nSPS) is 51.2. The summed E-state index contributed by atoms with van der Waals surface area (Å²) in [5, 5.41) is 10.3. The number of aliphatic hydroxyl groups is 1. The predicted octanol–water partition coefficient (Wildman–Crippen LogP) is 2.29. The molecule has 1 aliphatic heterocycles. The van der Waals surface area contributed by atoms with Gasteiger partial charge in [0.1, 0.15) is 6.10 Å². The van der Waals surface area contributed by atoms with Gasteiger partial charge in [-0.25, -0.2) is 0 Å². The van der Waals surface area contributed by atoms with Crippen molar-refractivity contribution in [2.75, 3.05) is 0 Å². The fraction of sp³-hybridized carbons (Fsp3) is 0.800. The minimum Gasteiger partial charge on any atom is -0.461 e. The molecule has 1 N–H and O–H groups in total. The third kappa shape index (κ3) is 1.43. The van der Waals surface area contributed by atoms with Crippen molar-refractivity contribution in [3.05, 3.63) is 11.6 Å². The maximum absolute atomic E-state index is 11.8. The van der Waals surface area contributed by atoms with Gasteiger partial charge in [0, 0.05) is 17.3 Å². The lowest BCUT2D eigenvalue weighted by atomic mass is 9.55. The summed E-state index contributed by atoms with van der Waals surface area (Å²) in [6.07, 6.45) is 4.52. The van der Waals surface area contributed by atoms with Crippen molar-refractivity contribution in [3.63, 3.8) is 0 Å². The van der Waals surface area contributed by atoms with Crippen LogP contribution in [0.2, 0.25) is 0 Å². The van der Waals surface area contributed by atoms with Crippen molar-refractivity contribution in [1.82, 2.24) is 0 Å². The Hall–Kier alpha value is -0.830. The van der Waals surface area contributed by atoms with E-state index in [1.807, 2.05) is 6.92 Å². The molecule has 0 radical (unpaired) electrons. The molecular weight excluding hydrogens is 228 g/mol. The maximum atomic E-state index is 11.8. The van der Waals surface area contributed by atoms with Crippen LogP contribution in [0.5, 0.6) is 0 Å². The zero-order chi connectivity index (χ0) is 13.1. The smallest absolute Gasteiger partial charge is 0.309 e. The molecule has 0 unspecified atom stereocenters. The summed E-state index contributed by atoms with van der Waals surface area (Å²) in [4.78, 5) is 11.8. The Morgan fingerprint density at radius 3 is 2.94 bits per heavy atom. The van der Waals surface area contributed by atoms with Gasteiger partial charge < -0.3 is 9.84 Å². The van der Waals surface area contributed by atoms with Gasteiger partial charge in [-0.15, -0.1) is 0 Å². The number of esters is 1. The molecule has 1 saturated carbocycles. The highest BCUT2D eigenvalue weighted by Gasteiger charge is 2.58. The molecule has 6 atom stereocenters. The highest BCUT2D eigenvalue weighted by molar-refractivity contribution is 5.75. The minimum absolute atomic E-state index is 0.0163. The molecule has 0 aromatic heterocycles. The minimum atomic E-state index is -0.304.